The zero-order chi connectivity index (χ0) is 9.84. The van der Waals surface area contributed by atoms with Gasteiger partial charge in [-0.05, 0) is 49.1 Å². The molecule has 1 aromatic rings. The van der Waals surface area contributed by atoms with Crippen molar-refractivity contribution in [1.29, 1.82) is 0 Å². The Labute approximate surface area is 79.1 Å². The van der Waals surface area contributed by atoms with Crippen molar-refractivity contribution in [3.05, 3.63) is 40.5 Å². The van der Waals surface area contributed by atoms with E-state index in [0.29, 0.717) is 0 Å². The summed E-state index contributed by atoms with van der Waals surface area (Å²) in [5.41, 5.74) is 4.88. The minimum atomic E-state index is 0.800. The van der Waals surface area contributed by atoms with Crippen LogP contribution in [0.25, 0.3) is 6.08 Å². The lowest BCUT2D eigenvalue weighted by molar-refractivity contribution is -0.104. The van der Waals surface area contributed by atoms with Crippen LogP contribution in [0.3, 0.4) is 0 Å². The lowest BCUT2D eigenvalue weighted by Crippen LogP contribution is -1.87. The van der Waals surface area contributed by atoms with Gasteiger partial charge in [-0.25, -0.2) is 0 Å². The lowest BCUT2D eigenvalue weighted by Gasteiger charge is -2.05. The van der Waals surface area contributed by atoms with Crippen LogP contribution in [0.5, 0.6) is 0 Å². The smallest absolute Gasteiger partial charge is 0.142 e. The first-order chi connectivity index (χ1) is 6.15. The molecule has 0 radical (unpaired) electrons. The Bertz CT molecular complexity index is 348. The fraction of sp³-hybridized carbons (Fsp3) is 0.250. The topological polar surface area (TPSA) is 17.1 Å². The Balaban J connectivity index is 3.15. The van der Waals surface area contributed by atoms with Crippen LogP contribution in [-0.4, -0.2) is 6.29 Å². The van der Waals surface area contributed by atoms with E-state index in [1.54, 1.807) is 0 Å². The standard InChI is InChI=1S/C12H14O/c1-9-7-11(3)12(5-4-6-13)8-10(9)2/h4-8H,1-3H3/b5-4+. The van der Waals surface area contributed by atoms with E-state index < -0.39 is 0 Å². The zero-order valence-electron chi connectivity index (χ0n) is 8.29. The number of allylic oxidation sites excluding steroid dienone is 1. The second kappa shape index (κ2) is 4.04. The van der Waals surface area contributed by atoms with E-state index in [-0.39, 0.29) is 0 Å². The van der Waals surface area contributed by atoms with Crippen molar-refractivity contribution in [2.45, 2.75) is 20.8 Å². The normalized spacial score (nSPS) is 10.7. The van der Waals surface area contributed by atoms with E-state index in [2.05, 4.69) is 32.9 Å². The van der Waals surface area contributed by atoms with Crippen molar-refractivity contribution in [3.63, 3.8) is 0 Å². The summed E-state index contributed by atoms with van der Waals surface area (Å²) in [4.78, 5) is 10.2. The highest BCUT2D eigenvalue weighted by molar-refractivity contribution is 5.74. The van der Waals surface area contributed by atoms with Gasteiger partial charge in [-0.15, -0.1) is 0 Å². The Morgan fingerprint density at radius 1 is 1.00 bits per heavy atom. The maximum Gasteiger partial charge on any atom is 0.142 e. The summed E-state index contributed by atoms with van der Waals surface area (Å²) >= 11 is 0. The van der Waals surface area contributed by atoms with Crippen molar-refractivity contribution < 1.29 is 4.79 Å². The molecule has 0 aliphatic carbocycles. The Morgan fingerprint density at radius 3 is 2.23 bits per heavy atom. The highest BCUT2D eigenvalue weighted by Crippen LogP contribution is 2.16. The molecule has 0 N–H and O–H groups in total. The van der Waals surface area contributed by atoms with Gasteiger partial charge in [0.1, 0.15) is 6.29 Å². The van der Waals surface area contributed by atoms with Gasteiger partial charge in [-0.2, -0.15) is 0 Å². The van der Waals surface area contributed by atoms with Crippen molar-refractivity contribution in [1.82, 2.24) is 0 Å². The third kappa shape index (κ3) is 2.28. The molecule has 0 unspecified atom stereocenters. The molecule has 0 atom stereocenters. The SMILES string of the molecule is Cc1cc(C)c(/C=C/C=O)cc1C. The summed E-state index contributed by atoms with van der Waals surface area (Å²) in [5.74, 6) is 0. The molecule has 0 amide bonds. The molecule has 0 heterocycles. The fourth-order valence-corrected chi connectivity index (χ4v) is 1.31. The van der Waals surface area contributed by atoms with Crippen LogP contribution in [-0.2, 0) is 4.79 Å². The average Bonchev–Trinajstić information content (AvgIpc) is 2.09. The summed E-state index contributed by atoms with van der Waals surface area (Å²) < 4.78 is 0. The predicted molar refractivity (Wildman–Crippen MR) is 55.8 cm³/mol. The highest BCUT2D eigenvalue weighted by atomic mass is 16.1. The number of aryl methyl sites for hydroxylation is 3. The van der Waals surface area contributed by atoms with Crippen LogP contribution in [0, 0.1) is 20.8 Å². The zero-order valence-corrected chi connectivity index (χ0v) is 8.29. The van der Waals surface area contributed by atoms with Crippen molar-refractivity contribution in [2.24, 2.45) is 0 Å². The monoisotopic (exact) mass is 174 g/mol. The van der Waals surface area contributed by atoms with E-state index in [9.17, 15) is 4.79 Å². The number of carbonyl (C=O) groups excluding carboxylic acids is 1. The maximum atomic E-state index is 10.2. The second-order valence-corrected chi connectivity index (χ2v) is 3.29. The molecule has 0 saturated heterocycles. The van der Waals surface area contributed by atoms with Crippen molar-refractivity contribution >= 4 is 12.4 Å². The molecule has 0 fully saturated rings. The molecule has 0 bridgehead atoms. The third-order valence-corrected chi connectivity index (χ3v) is 2.24. The molecule has 1 nitrogen and oxygen atoms in total. The molecule has 0 spiro atoms. The molecular formula is C12H14O. The summed E-state index contributed by atoms with van der Waals surface area (Å²) in [5, 5.41) is 0. The molecule has 0 aromatic heterocycles. The first-order valence-electron chi connectivity index (χ1n) is 4.35. The molecule has 13 heavy (non-hydrogen) atoms. The van der Waals surface area contributed by atoms with Gasteiger partial charge < -0.3 is 0 Å². The van der Waals surface area contributed by atoms with Crippen LogP contribution in [0.4, 0.5) is 0 Å². The van der Waals surface area contributed by atoms with E-state index in [4.69, 9.17) is 0 Å². The molecule has 0 aliphatic rings. The minimum Gasteiger partial charge on any atom is -0.299 e. The van der Waals surface area contributed by atoms with E-state index in [1.165, 1.54) is 22.8 Å². The lowest BCUT2D eigenvalue weighted by atomic mass is 10.0. The first kappa shape index (κ1) is 9.72. The van der Waals surface area contributed by atoms with E-state index >= 15 is 0 Å². The number of carbonyl (C=O) groups is 1. The first-order valence-corrected chi connectivity index (χ1v) is 4.35. The summed E-state index contributed by atoms with van der Waals surface area (Å²) in [7, 11) is 0. The van der Waals surface area contributed by atoms with Gasteiger partial charge in [-0.3, -0.25) is 4.79 Å². The summed E-state index contributed by atoms with van der Waals surface area (Å²) in [6, 6.07) is 4.24. The average molecular weight is 174 g/mol. The predicted octanol–water partition coefficient (Wildman–Crippen LogP) is 2.82. The largest absolute Gasteiger partial charge is 0.299 e. The number of hydrogen-bond acceptors (Lipinski definition) is 1. The van der Waals surface area contributed by atoms with E-state index in [0.717, 1.165) is 11.8 Å². The Hall–Kier alpha value is -1.37. The number of benzene rings is 1. The number of rotatable bonds is 2. The molecule has 0 saturated carbocycles. The minimum absolute atomic E-state index is 0.800. The van der Waals surface area contributed by atoms with Gasteiger partial charge in [0.25, 0.3) is 0 Å². The molecule has 0 aliphatic heterocycles. The molecular weight excluding hydrogens is 160 g/mol. The van der Waals surface area contributed by atoms with Gasteiger partial charge in [-0.1, -0.05) is 18.2 Å². The number of aldehydes is 1. The quantitative estimate of drug-likeness (QED) is 0.497. The van der Waals surface area contributed by atoms with Crippen LogP contribution in [0.1, 0.15) is 22.3 Å². The fourth-order valence-electron chi connectivity index (χ4n) is 1.31. The van der Waals surface area contributed by atoms with Gasteiger partial charge >= 0.3 is 0 Å². The summed E-state index contributed by atoms with van der Waals surface area (Å²) in [6.07, 6.45) is 4.17. The van der Waals surface area contributed by atoms with Gasteiger partial charge in [0.15, 0.2) is 0 Å². The van der Waals surface area contributed by atoms with Gasteiger partial charge in [0.05, 0.1) is 0 Å². The summed E-state index contributed by atoms with van der Waals surface area (Å²) in [6.45, 7) is 6.22. The molecule has 68 valence electrons. The van der Waals surface area contributed by atoms with Gasteiger partial charge in [0, 0.05) is 0 Å². The molecule has 1 heteroatoms. The van der Waals surface area contributed by atoms with Gasteiger partial charge in [0.2, 0.25) is 0 Å². The van der Waals surface area contributed by atoms with Crippen molar-refractivity contribution in [2.75, 3.05) is 0 Å². The maximum absolute atomic E-state index is 10.2. The van der Waals surface area contributed by atoms with Crippen LogP contribution >= 0.6 is 0 Å². The Kier molecular flexibility index (Phi) is 3.02. The van der Waals surface area contributed by atoms with Crippen molar-refractivity contribution in [3.8, 4) is 0 Å². The molecule has 1 aromatic carbocycles. The van der Waals surface area contributed by atoms with Crippen LogP contribution < -0.4 is 0 Å². The third-order valence-electron chi connectivity index (χ3n) is 2.24. The number of hydrogen-bond donors (Lipinski definition) is 0. The van der Waals surface area contributed by atoms with E-state index in [1.807, 2.05) is 6.08 Å². The second-order valence-electron chi connectivity index (χ2n) is 3.29. The highest BCUT2D eigenvalue weighted by Gasteiger charge is 1.97. The van der Waals surface area contributed by atoms with Crippen LogP contribution in [0.15, 0.2) is 18.2 Å². The van der Waals surface area contributed by atoms with Crippen LogP contribution in [0.2, 0.25) is 0 Å². The molecule has 1 rings (SSSR count). The Morgan fingerprint density at radius 2 is 1.62 bits per heavy atom.